The zero-order valence-electron chi connectivity index (χ0n) is 13.2. The van der Waals surface area contributed by atoms with Crippen LogP contribution >= 0.6 is 0 Å². The van der Waals surface area contributed by atoms with Gasteiger partial charge in [-0.05, 0) is 69.3 Å². The van der Waals surface area contributed by atoms with Crippen LogP contribution in [0.4, 0.5) is 0 Å². The van der Waals surface area contributed by atoms with E-state index in [2.05, 4.69) is 50.4 Å². The lowest BCUT2D eigenvalue weighted by molar-refractivity contribution is 0.242. The molecule has 2 nitrogen and oxygen atoms in total. The van der Waals surface area contributed by atoms with Crippen molar-refractivity contribution < 1.29 is 4.74 Å². The second-order valence-corrected chi connectivity index (χ2v) is 6.19. The molecule has 2 heteroatoms. The van der Waals surface area contributed by atoms with E-state index in [1.807, 2.05) is 0 Å². The van der Waals surface area contributed by atoms with E-state index in [1.54, 1.807) is 0 Å². The molecule has 1 saturated carbocycles. The Hall–Kier alpha value is -1.02. The van der Waals surface area contributed by atoms with E-state index in [9.17, 15) is 0 Å². The molecule has 0 bridgehead atoms. The fourth-order valence-corrected chi connectivity index (χ4v) is 3.29. The third-order valence-electron chi connectivity index (χ3n) is 4.25. The Morgan fingerprint density at radius 1 is 1.15 bits per heavy atom. The second-order valence-electron chi connectivity index (χ2n) is 6.19. The predicted octanol–water partition coefficient (Wildman–Crippen LogP) is 4.36. The van der Waals surface area contributed by atoms with Gasteiger partial charge in [0, 0.05) is 0 Å². The molecular formula is C18H29NO. The molecule has 0 radical (unpaired) electrons. The maximum Gasteiger partial charge on any atom is 0.119 e. The Morgan fingerprint density at radius 3 is 2.50 bits per heavy atom. The Balaban J connectivity index is 2.03. The van der Waals surface area contributed by atoms with Gasteiger partial charge in [0.1, 0.15) is 5.75 Å². The third-order valence-corrected chi connectivity index (χ3v) is 4.25. The summed E-state index contributed by atoms with van der Waals surface area (Å²) in [6, 6.07) is 8.81. The van der Waals surface area contributed by atoms with Gasteiger partial charge in [0.25, 0.3) is 0 Å². The number of ether oxygens (including phenoxy) is 1. The molecule has 1 aromatic carbocycles. The summed E-state index contributed by atoms with van der Waals surface area (Å²) in [5.74, 6) is 2.50. The number of hydrogen-bond donors (Lipinski definition) is 1. The van der Waals surface area contributed by atoms with Gasteiger partial charge in [-0.2, -0.15) is 0 Å². The zero-order chi connectivity index (χ0) is 14.4. The highest BCUT2D eigenvalue weighted by atomic mass is 16.5. The van der Waals surface area contributed by atoms with Crippen molar-refractivity contribution in [2.75, 3.05) is 13.1 Å². The first-order valence-corrected chi connectivity index (χ1v) is 8.18. The quantitative estimate of drug-likeness (QED) is 0.833. The first-order chi connectivity index (χ1) is 9.70. The van der Waals surface area contributed by atoms with Crippen LogP contribution in [0.1, 0.15) is 57.9 Å². The van der Waals surface area contributed by atoms with Crippen LogP contribution in [0.25, 0.3) is 0 Å². The van der Waals surface area contributed by atoms with E-state index in [4.69, 9.17) is 4.74 Å². The number of rotatable bonds is 6. The van der Waals surface area contributed by atoms with Gasteiger partial charge in [-0.15, -0.1) is 0 Å². The molecule has 112 valence electrons. The maximum absolute atomic E-state index is 5.74. The first-order valence-electron chi connectivity index (χ1n) is 8.18. The van der Waals surface area contributed by atoms with Gasteiger partial charge >= 0.3 is 0 Å². The number of benzene rings is 1. The minimum absolute atomic E-state index is 0.247. The van der Waals surface area contributed by atoms with Gasteiger partial charge in [0.2, 0.25) is 0 Å². The van der Waals surface area contributed by atoms with Crippen molar-refractivity contribution in [1.29, 1.82) is 0 Å². The molecule has 2 atom stereocenters. The van der Waals surface area contributed by atoms with Crippen molar-refractivity contribution in [2.24, 2.45) is 5.92 Å². The van der Waals surface area contributed by atoms with Crippen molar-refractivity contribution in [3.8, 4) is 5.75 Å². The SMILES string of the molecule is CCNCC1CCCCC1c1ccc(OC(C)C)cc1. The Labute approximate surface area is 123 Å². The number of hydrogen-bond acceptors (Lipinski definition) is 2. The molecule has 1 fully saturated rings. The summed E-state index contributed by atoms with van der Waals surface area (Å²) in [5, 5.41) is 3.53. The van der Waals surface area contributed by atoms with Crippen LogP contribution in [-0.4, -0.2) is 19.2 Å². The van der Waals surface area contributed by atoms with E-state index in [1.165, 1.54) is 31.2 Å². The van der Waals surface area contributed by atoms with E-state index in [0.717, 1.165) is 30.7 Å². The van der Waals surface area contributed by atoms with E-state index in [0.29, 0.717) is 0 Å². The van der Waals surface area contributed by atoms with Gasteiger partial charge in [-0.1, -0.05) is 31.9 Å². The summed E-state index contributed by atoms with van der Waals surface area (Å²) in [7, 11) is 0. The summed E-state index contributed by atoms with van der Waals surface area (Å²) in [4.78, 5) is 0. The zero-order valence-corrected chi connectivity index (χ0v) is 13.2. The van der Waals surface area contributed by atoms with E-state index >= 15 is 0 Å². The maximum atomic E-state index is 5.74. The fourth-order valence-electron chi connectivity index (χ4n) is 3.29. The molecule has 1 N–H and O–H groups in total. The molecule has 0 heterocycles. The van der Waals surface area contributed by atoms with Crippen LogP contribution in [0.3, 0.4) is 0 Å². The third kappa shape index (κ3) is 4.24. The standard InChI is InChI=1S/C18H29NO/c1-4-19-13-16-7-5-6-8-18(16)15-9-11-17(12-10-15)20-14(2)3/h9-12,14,16,18-19H,4-8,13H2,1-3H3. The molecule has 1 aliphatic carbocycles. The number of nitrogens with one attached hydrogen (secondary N) is 1. The molecule has 2 unspecified atom stereocenters. The molecule has 0 saturated heterocycles. The molecule has 0 amide bonds. The molecule has 0 spiro atoms. The second kappa shape index (κ2) is 7.68. The average Bonchev–Trinajstić information content (AvgIpc) is 2.46. The molecule has 0 aliphatic heterocycles. The van der Waals surface area contributed by atoms with Crippen LogP contribution in [0.15, 0.2) is 24.3 Å². The minimum Gasteiger partial charge on any atom is -0.491 e. The lowest BCUT2D eigenvalue weighted by Gasteiger charge is -2.32. The van der Waals surface area contributed by atoms with Gasteiger partial charge < -0.3 is 10.1 Å². The smallest absolute Gasteiger partial charge is 0.119 e. The lowest BCUT2D eigenvalue weighted by atomic mass is 9.75. The summed E-state index contributed by atoms with van der Waals surface area (Å²) >= 11 is 0. The average molecular weight is 275 g/mol. The van der Waals surface area contributed by atoms with Gasteiger partial charge in [-0.3, -0.25) is 0 Å². The first kappa shape index (κ1) is 15.4. The highest BCUT2D eigenvalue weighted by Gasteiger charge is 2.25. The van der Waals surface area contributed by atoms with E-state index < -0.39 is 0 Å². The van der Waals surface area contributed by atoms with Crippen LogP contribution in [-0.2, 0) is 0 Å². The van der Waals surface area contributed by atoms with Gasteiger partial charge in [0.05, 0.1) is 6.10 Å². The van der Waals surface area contributed by atoms with Crippen LogP contribution in [0, 0.1) is 5.92 Å². The van der Waals surface area contributed by atoms with Crippen LogP contribution in [0.5, 0.6) is 5.75 Å². The van der Waals surface area contributed by atoms with Gasteiger partial charge in [0.15, 0.2) is 0 Å². The molecular weight excluding hydrogens is 246 g/mol. The van der Waals surface area contributed by atoms with Crippen LogP contribution in [0.2, 0.25) is 0 Å². The minimum atomic E-state index is 0.247. The molecule has 20 heavy (non-hydrogen) atoms. The monoisotopic (exact) mass is 275 g/mol. The van der Waals surface area contributed by atoms with Crippen molar-refractivity contribution in [2.45, 2.75) is 58.5 Å². The molecule has 1 aromatic rings. The Bertz CT molecular complexity index is 385. The van der Waals surface area contributed by atoms with Crippen molar-refractivity contribution in [3.05, 3.63) is 29.8 Å². The highest BCUT2D eigenvalue weighted by molar-refractivity contribution is 5.30. The summed E-state index contributed by atoms with van der Waals surface area (Å²) in [5.41, 5.74) is 1.49. The van der Waals surface area contributed by atoms with Crippen molar-refractivity contribution in [3.63, 3.8) is 0 Å². The van der Waals surface area contributed by atoms with Crippen molar-refractivity contribution in [1.82, 2.24) is 5.32 Å². The Morgan fingerprint density at radius 2 is 1.85 bits per heavy atom. The van der Waals surface area contributed by atoms with Crippen LogP contribution < -0.4 is 10.1 Å². The fraction of sp³-hybridized carbons (Fsp3) is 0.667. The summed E-state index contributed by atoms with van der Waals surface area (Å²) in [6.45, 7) is 8.56. The van der Waals surface area contributed by atoms with E-state index in [-0.39, 0.29) is 6.10 Å². The molecule has 2 rings (SSSR count). The molecule has 1 aliphatic rings. The summed E-state index contributed by atoms with van der Waals surface area (Å²) < 4.78 is 5.74. The summed E-state index contributed by atoms with van der Waals surface area (Å²) in [6.07, 6.45) is 5.71. The normalized spacial score (nSPS) is 23.0. The Kier molecular flexibility index (Phi) is 5.90. The highest BCUT2D eigenvalue weighted by Crippen LogP contribution is 2.37. The molecule has 0 aromatic heterocycles. The topological polar surface area (TPSA) is 21.3 Å². The van der Waals surface area contributed by atoms with Gasteiger partial charge in [-0.25, -0.2) is 0 Å². The lowest BCUT2D eigenvalue weighted by Crippen LogP contribution is -2.29. The largest absolute Gasteiger partial charge is 0.491 e. The van der Waals surface area contributed by atoms with Crippen molar-refractivity contribution >= 4 is 0 Å². The predicted molar refractivity (Wildman–Crippen MR) is 85.4 cm³/mol.